The van der Waals surface area contributed by atoms with Crippen molar-refractivity contribution in [1.29, 1.82) is 0 Å². The second kappa shape index (κ2) is 9.62. The molecule has 2 N–H and O–H groups in total. The van der Waals surface area contributed by atoms with Gasteiger partial charge in [0.15, 0.2) is 0 Å². The van der Waals surface area contributed by atoms with Crippen LogP contribution in [0.15, 0.2) is 48.8 Å². The van der Waals surface area contributed by atoms with Gasteiger partial charge in [-0.15, -0.1) is 5.06 Å². The molecule has 1 aliphatic rings. The minimum Gasteiger partial charge on any atom is -0.444 e. The number of fused-ring (bicyclic) bond motifs is 1. The number of anilines is 1. The number of pyridine rings is 1. The predicted molar refractivity (Wildman–Crippen MR) is 125 cm³/mol. The third-order valence-corrected chi connectivity index (χ3v) is 5.74. The topological polar surface area (TPSA) is 96.5 Å². The zero-order chi connectivity index (χ0) is 23.4. The van der Waals surface area contributed by atoms with E-state index in [0.717, 1.165) is 35.0 Å². The smallest absolute Gasteiger partial charge is 0.412 e. The van der Waals surface area contributed by atoms with Crippen LogP contribution < -0.4 is 5.32 Å². The fourth-order valence-corrected chi connectivity index (χ4v) is 3.82. The Morgan fingerprint density at radius 1 is 1.18 bits per heavy atom. The lowest BCUT2D eigenvalue weighted by molar-refractivity contribution is -0.204. The van der Waals surface area contributed by atoms with E-state index in [4.69, 9.17) is 9.57 Å². The molecule has 0 aliphatic carbocycles. The van der Waals surface area contributed by atoms with Crippen molar-refractivity contribution in [1.82, 2.24) is 15.0 Å². The highest BCUT2D eigenvalue weighted by molar-refractivity contribution is 5.89. The molecular weight excluding hydrogens is 420 g/mol. The van der Waals surface area contributed by atoms with Crippen molar-refractivity contribution in [3.63, 3.8) is 0 Å². The molecule has 0 atom stereocenters. The number of benzene rings is 1. The van der Waals surface area contributed by atoms with E-state index < -0.39 is 11.5 Å². The van der Waals surface area contributed by atoms with Crippen LogP contribution in [-0.2, 0) is 21.0 Å². The number of ether oxygens (including phenoxy) is 1. The minimum absolute atomic E-state index is 0.204. The molecule has 0 unspecified atom stereocenters. The number of hydrogen-bond donors (Lipinski definition) is 2. The molecule has 1 amide bonds. The molecule has 1 aromatic carbocycles. The molecule has 8 heteroatoms. The van der Waals surface area contributed by atoms with Crippen molar-refractivity contribution < 1.29 is 19.2 Å². The van der Waals surface area contributed by atoms with Gasteiger partial charge in [-0.25, -0.2) is 14.6 Å². The molecule has 0 saturated carbocycles. The van der Waals surface area contributed by atoms with E-state index in [1.54, 1.807) is 11.3 Å². The number of aromatic amines is 1. The number of aromatic nitrogens is 2. The normalized spacial score (nSPS) is 15.4. The largest absolute Gasteiger partial charge is 0.444 e. The van der Waals surface area contributed by atoms with E-state index in [1.807, 2.05) is 63.4 Å². The van der Waals surface area contributed by atoms with Crippen molar-refractivity contribution in [3.05, 3.63) is 59.9 Å². The number of piperidine rings is 1. The third kappa shape index (κ3) is 5.70. The molecule has 8 nitrogen and oxygen atoms in total. The summed E-state index contributed by atoms with van der Waals surface area (Å²) in [7, 11) is 0. The molecule has 1 fully saturated rings. The summed E-state index contributed by atoms with van der Waals surface area (Å²) >= 11 is 0. The quantitative estimate of drug-likeness (QED) is 0.568. The van der Waals surface area contributed by atoms with Crippen molar-refractivity contribution in [2.45, 2.75) is 46.1 Å². The van der Waals surface area contributed by atoms with Crippen LogP contribution in [0.1, 0.15) is 50.7 Å². The average molecular weight is 451 g/mol. The van der Waals surface area contributed by atoms with Crippen LogP contribution in [0.2, 0.25) is 0 Å². The lowest BCUT2D eigenvalue weighted by atomic mass is 9.90. The summed E-state index contributed by atoms with van der Waals surface area (Å²) in [6, 6.07) is 11.5. The highest BCUT2D eigenvalue weighted by atomic mass is 16.7. The molecule has 33 heavy (non-hydrogen) atoms. The highest BCUT2D eigenvalue weighted by Gasteiger charge is 2.29. The first-order valence-corrected chi connectivity index (χ1v) is 11.2. The minimum atomic E-state index is -0.523. The van der Waals surface area contributed by atoms with Crippen molar-refractivity contribution in [2.24, 2.45) is 5.41 Å². The second-order valence-electron chi connectivity index (χ2n) is 9.38. The zero-order valence-electron chi connectivity index (χ0n) is 19.3. The summed E-state index contributed by atoms with van der Waals surface area (Å²) in [5, 5.41) is 5.49. The monoisotopic (exact) mass is 450 g/mol. The number of nitrogens with one attached hydrogen (secondary N) is 2. The summed E-state index contributed by atoms with van der Waals surface area (Å²) in [6.07, 6.45) is 4.80. The van der Waals surface area contributed by atoms with Crippen LogP contribution in [0, 0.1) is 5.41 Å². The van der Waals surface area contributed by atoms with Gasteiger partial charge in [-0.2, -0.15) is 0 Å². The first-order valence-electron chi connectivity index (χ1n) is 11.2. The maximum atomic E-state index is 12.2. The van der Waals surface area contributed by atoms with Crippen molar-refractivity contribution >= 4 is 28.8 Å². The number of nitrogens with zero attached hydrogens (tertiary/aromatic N) is 2. The number of hydrogen-bond acceptors (Lipinski definition) is 6. The Balaban J connectivity index is 1.37. The maximum Gasteiger partial charge on any atom is 0.412 e. The molecular formula is C25H30N4O4. The van der Waals surface area contributed by atoms with Crippen LogP contribution in [0.5, 0.6) is 0 Å². The first-order chi connectivity index (χ1) is 15.8. The van der Waals surface area contributed by atoms with Gasteiger partial charge in [0.25, 0.3) is 0 Å². The van der Waals surface area contributed by atoms with E-state index in [1.165, 1.54) is 0 Å². The Bertz CT molecular complexity index is 1110. The number of rotatable bonds is 5. The number of H-pyrrole nitrogens is 1. The zero-order valence-corrected chi connectivity index (χ0v) is 19.3. The average Bonchev–Trinajstić information content (AvgIpc) is 3.21. The second-order valence-corrected chi connectivity index (χ2v) is 9.38. The molecule has 3 aromatic rings. The van der Waals surface area contributed by atoms with Gasteiger partial charge < -0.3 is 14.6 Å². The van der Waals surface area contributed by atoms with E-state index in [9.17, 15) is 9.59 Å². The molecule has 174 valence electrons. The Labute approximate surface area is 193 Å². The first kappa shape index (κ1) is 22.8. The summed E-state index contributed by atoms with van der Waals surface area (Å²) in [5.41, 5.74) is 2.91. The van der Waals surface area contributed by atoms with Crippen molar-refractivity contribution in [3.8, 4) is 0 Å². The number of amides is 1. The van der Waals surface area contributed by atoms with Gasteiger partial charge >= 0.3 is 12.1 Å². The predicted octanol–water partition coefficient (Wildman–Crippen LogP) is 5.00. The van der Waals surface area contributed by atoms with Gasteiger partial charge in [-0.3, -0.25) is 5.32 Å². The Morgan fingerprint density at radius 2 is 1.91 bits per heavy atom. The van der Waals surface area contributed by atoms with Crippen LogP contribution in [0.3, 0.4) is 0 Å². The van der Waals surface area contributed by atoms with Crippen molar-refractivity contribution in [2.75, 3.05) is 18.4 Å². The SMILES string of the molecule is CC(C)(C)C(=O)ON1CCC(c2c[nH]c3ncc(NC(=O)OCc4ccccc4)cc23)CC1. The fraction of sp³-hybridized carbons (Fsp3) is 0.400. The van der Waals surface area contributed by atoms with Gasteiger partial charge in [-0.1, -0.05) is 30.3 Å². The van der Waals surface area contributed by atoms with Gasteiger partial charge in [0, 0.05) is 24.7 Å². The van der Waals surface area contributed by atoms with E-state index in [2.05, 4.69) is 15.3 Å². The molecule has 1 saturated heterocycles. The molecule has 4 rings (SSSR count). The summed E-state index contributed by atoms with van der Waals surface area (Å²) in [4.78, 5) is 37.6. The van der Waals surface area contributed by atoms with Gasteiger partial charge in [0.05, 0.1) is 17.3 Å². The van der Waals surface area contributed by atoms with Crippen LogP contribution >= 0.6 is 0 Å². The van der Waals surface area contributed by atoms with Crippen LogP contribution in [0.25, 0.3) is 11.0 Å². The standard InChI is InChI=1S/C25H30N4O4/c1-25(2,3)23(30)33-29-11-9-18(10-12-29)21-15-27-22-20(21)13-19(14-26-22)28-24(31)32-16-17-7-5-4-6-8-17/h4-8,13-15,18H,9-12,16H2,1-3H3,(H,26,27)(H,28,31). The number of hydroxylamine groups is 2. The van der Waals surface area contributed by atoms with Crippen LogP contribution in [-0.4, -0.2) is 40.2 Å². The molecule has 0 radical (unpaired) electrons. The highest BCUT2D eigenvalue weighted by Crippen LogP contribution is 2.34. The maximum absolute atomic E-state index is 12.2. The number of carbonyl (C=O) groups is 2. The Morgan fingerprint density at radius 3 is 2.61 bits per heavy atom. The Hall–Kier alpha value is -3.39. The van der Waals surface area contributed by atoms with Crippen LogP contribution in [0.4, 0.5) is 10.5 Å². The van der Waals surface area contributed by atoms with E-state index in [0.29, 0.717) is 24.7 Å². The molecule has 3 heterocycles. The van der Waals surface area contributed by atoms with Gasteiger partial charge in [-0.05, 0) is 56.7 Å². The summed E-state index contributed by atoms with van der Waals surface area (Å²) < 4.78 is 5.31. The summed E-state index contributed by atoms with van der Waals surface area (Å²) in [5.74, 6) is 0.0949. The molecule has 0 spiro atoms. The van der Waals surface area contributed by atoms with E-state index >= 15 is 0 Å². The van der Waals surface area contributed by atoms with Gasteiger partial charge in [0.1, 0.15) is 12.3 Å². The van der Waals surface area contributed by atoms with E-state index in [-0.39, 0.29) is 12.6 Å². The molecule has 1 aliphatic heterocycles. The number of carbonyl (C=O) groups excluding carboxylic acids is 2. The lowest BCUT2D eigenvalue weighted by Gasteiger charge is -2.32. The molecule has 2 aromatic heterocycles. The molecule has 0 bridgehead atoms. The summed E-state index contributed by atoms with van der Waals surface area (Å²) in [6.45, 7) is 7.11. The van der Waals surface area contributed by atoms with Gasteiger partial charge in [0.2, 0.25) is 0 Å². The Kier molecular flexibility index (Phi) is 6.65. The third-order valence-electron chi connectivity index (χ3n) is 5.74. The fourth-order valence-electron chi connectivity index (χ4n) is 3.82. The lowest BCUT2D eigenvalue weighted by Crippen LogP contribution is -2.38.